The second kappa shape index (κ2) is 23.4. The first-order valence-corrected chi connectivity index (χ1v) is 29.8. The van der Waals surface area contributed by atoms with Crippen molar-refractivity contribution in [2.45, 2.75) is 124 Å². The van der Waals surface area contributed by atoms with Crippen molar-refractivity contribution in [1.29, 1.82) is 0 Å². The number of amides is 4. The minimum atomic E-state index is -4.32. The summed E-state index contributed by atoms with van der Waals surface area (Å²) in [5.74, 6) is -2.50. The van der Waals surface area contributed by atoms with Gasteiger partial charge in [-0.2, -0.15) is 13.5 Å². The molecule has 2 aliphatic carbocycles. The number of para-hydroxylation sites is 1. The smallest absolute Gasteiger partial charge is 0.355 e. The molecule has 9 rings (SSSR count). The van der Waals surface area contributed by atoms with E-state index in [1.165, 1.54) is 28.4 Å². The maximum absolute atomic E-state index is 13.8. The van der Waals surface area contributed by atoms with Crippen LogP contribution in [-0.2, 0) is 53.5 Å². The number of aromatic carboxylic acids is 1. The van der Waals surface area contributed by atoms with Crippen LogP contribution in [0.5, 0.6) is 0 Å². The molecule has 2 aromatic carbocycles. The molecule has 79 heavy (non-hydrogen) atoms. The lowest BCUT2D eigenvalue weighted by Gasteiger charge is -2.62. The quantitative estimate of drug-likeness (QED) is 0.0297. The minimum Gasteiger partial charge on any atom is -0.476 e. The van der Waals surface area contributed by atoms with E-state index in [1.807, 2.05) is 71.1 Å². The Hall–Kier alpha value is -6.39. The van der Waals surface area contributed by atoms with E-state index >= 15 is 0 Å². The van der Waals surface area contributed by atoms with E-state index in [2.05, 4.69) is 38.0 Å². The number of carboxylic acids is 1. The van der Waals surface area contributed by atoms with Crippen molar-refractivity contribution in [2.75, 3.05) is 62.0 Å². The summed E-state index contributed by atoms with van der Waals surface area (Å²) < 4.78 is 48.8. The molecule has 0 spiro atoms. The summed E-state index contributed by atoms with van der Waals surface area (Å²) in [6, 6.07) is 17.1. The zero-order valence-corrected chi connectivity index (χ0v) is 47.4. The van der Waals surface area contributed by atoms with Crippen molar-refractivity contribution in [3.05, 3.63) is 101 Å². The third kappa shape index (κ3) is 13.5. The Labute approximate surface area is 465 Å². The topological polar surface area (TPSA) is 244 Å². The van der Waals surface area contributed by atoms with E-state index in [9.17, 15) is 42.0 Å². The van der Waals surface area contributed by atoms with E-state index in [0.717, 1.165) is 70.5 Å². The van der Waals surface area contributed by atoms with Gasteiger partial charge in [0.1, 0.15) is 5.82 Å². The van der Waals surface area contributed by atoms with Crippen LogP contribution in [0, 0.1) is 23.2 Å². The average molecular weight is 1120 g/mol. The molecule has 5 heterocycles. The van der Waals surface area contributed by atoms with Crippen molar-refractivity contribution in [3.8, 4) is 11.1 Å². The van der Waals surface area contributed by atoms with Crippen LogP contribution in [0.3, 0.4) is 0 Å². The predicted molar refractivity (Wildman–Crippen MR) is 300 cm³/mol. The number of rotatable bonds is 24. The molecule has 0 radical (unpaired) electrons. The van der Waals surface area contributed by atoms with Gasteiger partial charge in [-0.25, -0.2) is 14.8 Å². The van der Waals surface area contributed by atoms with Crippen LogP contribution in [0.15, 0.2) is 72.9 Å². The summed E-state index contributed by atoms with van der Waals surface area (Å²) in [6.45, 7) is 13.6. The Balaban J connectivity index is 0.836. The van der Waals surface area contributed by atoms with Crippen LogP contribution in [0.4, 0.5) is 10.9 Å². The molecule has 3 atom stereocenters. The number of imide groups is 1. The molecule has 2 saturated carbocycles. The van der Waals surface area contributed by atoms with Crippen molar-refractivity contribution < 1.29 is 51.5 Å². The number of carbonyl (C=O) groups excluding carboxylic acids is 4. The third-order valence-electron chi connectivity index (χ3n) is 16.3. The number of benzene rings is 2. The molecule has 21 heteroatoms. The zero-order chi connectivity index (χ0) is 56.3. The molecule has 4 amide bonds. The van der Waals surface area contributed by atoms with Crippen LogP contribution in [0.2, 0.25) is 0 Å². The van der Waals surface area contributed by atoms with Gasteiger partial charge in [0.05, 0.1) is 47.6 Å². The molecule has 2 aliphatic heterocycles. The molecule has 3 unspecified atom stereocenters. The number of hydrogen-bond donors (Lipinski definition) is 3. The largest absolute Gasteiger partial charge is 0.476 e. The third-order valence-corrected chi connectivity index (χ3v) is 18.0. The molecular formula is C58H72N8O11S2. The normalized spacial score (nSPS) is 21.6. The lowest BCUT2D eigenvalue weighted by atomic mass is 9.47. The number of thiazole rings is 1. The van der Waals surface area contributed by atoms with Gasteiger partial charge in [0.25, 0.3) is 27.8 Å². The summed E-state index contributed by atoms with van der Waals surface area (Å²) in [4.78, 5) is 77.7. The maximum Gasteiger partial charge on any atom is 0.355 e. The highest BCUT2D eigenvalue weighted by molar-refractivity contribution is 7.85. The molecule has 5 aromatic rings. The first-order chi connectivity index (χ1) is 37.6. The van der Waals surface area contributed by atoms with Crippen molar-refractivity contribution in [1.82, 2.24) is 29.5 Å². The fourth-order valence-electron chi connectivity index (χ4n) is 13.5. The number of aromatic nitrogens is 4. The van der Waals surface area contributed by atoms with Gasteiger partial charge in [-0.05, 0) is 122 Å². The van der Waals surface area contributed by atoms with Crippen LogP contribution >= 0.6 is 11.3 Å². The highest BCUT2D eigenvalue weighted by atomic mass is 32.2. The number of anilines is 2. The molecule has 3 N–H and O–H groups in total. The Morgan fingerprint density at radius 3 is 2.41 bits per heavy atom. The number of fused-ring (bicyclic) bond motifs is 4. The summed E-state index contributed by atoms with van der Waals surface area (Å²) >= 11 is 1.42. The highest BCUT2D eigenvalue weighted by Crippen LogP contribution is 2.64. The summed E-state index contributed by atoms with van der Waals surface area (Å²) in [7, 11) is -4.32. The summed E-state index contributed by atoms with van der Waals surface area (Å²) in [5, 5.41) is 19.1. The molecule has 4 aliphatic rings. The summed E-state index contributed by atoms with van der Waals surface area (Å²) in [6.07, 6.45) is 11.9. The number of ether oxygens (including phenoxy) is 2. The predicted octanol–water partition coefficient (Wildman–Crippen LogP) is 8.76. The van der Waals surface area contributed by atoms with Crippen LogP contribution in [0.1, 0.15) is 130 Å². The number of carbonyl (C=O) groups is 5. The van der Waals surface area contributed by atoms with Gasteiger partial charge >= 0.3 is 5.97 Å². The first-order valence-electron chi connectivity index (χ1n) is 27.3. The van der Waals surface area contributed by atoms with E-state index in [-0.39, 0.29) is 84.8 Å². The lowest BCUT2D eigenvalue weighted by Crippen LogP contribution is -2.58. The Morgan fingerprint density at radius 2 is 1.66 bits per heavy atom. The maximum atomic E-state index is 13.8. The van der Waals surface area contributed by atoms with Crippen molar-refractivity contribution >= 4 is 72.2 Å². The van der Waals surface area contributed by atoms with E-state index in [4.69, 9.17) is 19.6 Å². The molecular weight excluding hydrogens is 1050 g/mol. The number of hydrogen-bond acceptors (Lipinski definition) is 14. The second-order valence-electron chi connectivity index (χ2n) is 23.2. The molecule has 2 fully saturated rings. The zero-order valence-electron chi connectivity index (χ0n) is 45.8. The van der Waals surface area contributed by atoms with E-state index in [1.54, 1.807) is 6.20 Å². The average Bonchev–Trinajstić information content (AvgIpc) is 4.24. The summed E-state index contributed by atoms with van der Waals surface area (Å²) in [5.41, 5.74) is 4.48. The van der Waals surface area contributed by atoms with E-state index < -0.39 is 27.4 Å². The number of carboxylic acid groups (broad SMARTS) is 1. The number of nitrogens with one attached hydrogen (secondary N) is 1. The molecule has 3 aromatic heterocycles. The SMILES string of the molecule is CCC1(Cn2ncc(-c3ccc(N4CCc5cccc(C(=O)Nc6nc7ccccc7s6)c5C4)nc3C(=O)O)c2C)CC2(C)CC(C)(C)CC(OCCOCCN(CCS(=O)(=O)O)C(=O)CCCCCN3C(=O)C=CC3=O)(C2)C1. The van der Waals surface area contributed by atoms with Crippen molar-refractivity contribution in [3.63, 3.8) is 0 Å². The monoisotopic (exact) mass is 1120 g/mol. The lowest BCUT2D eigenvalue weighted by molar-refractivity contribution is -0.202. The van der Waals surface area contributed by atoms with Gasteiger partial charge in [0.2, 0.25) is 5.91 Å². The van der Waals surface area contributed by atoms with Gasteiger partial charge < -0.3 is 24.4 Å². The highest BCUT2D eigenvalue weighted by Gasteiger charge is 2.59. The molecule has 0 saturated heterocycles. The Morgan fingerprint density at radius 1 is 0.873 bits per heavy atom. The minimum absolute atomic E-state index is 0.00931. The second-order valence-corrected chi connectivity index (χ2v) is 25.8. The van der Waals surface area contributed by atoms with Crippen LogP contribution in [-0.4, -0.2) is 135 Å². The number of unbranched alkanes of at least 4 members (excludes halogenated alkanes) is 2. The van der Waals surface area contributed by atoms with Gasteiger partial charge in [-0.1, -0.05) is 69.7 Å². The molecule has 422 valence electrons. The van der Waals surface area contributed by atoms with Gasteiger partial charge in [0.15, 0.2) is 10.8 Å². The standard InChI is InChI=1S/C58H72N8O11S2/c1-6-57(35-56(5)33-55(3,4)34-58(36-56,37-57)77-29-28-76-27-25-63(26-30-79(73,74)75)48(67)17-8-7-11-23-65-49(68)20-21-50(65)69)38-66-39(2)43(31-59-66)41-18-19-47(61-51(41)53(71)72)64-24-22-40-13-12-14-42(44(40)32-64)52(70)62-54-60-45-15-9-10-16-46(45)78-54/h9-10,12-16,18-21,31H,6-8,11,17,22-30,32-38H2,1-5H3,(H,71,72)(H,60,62,70)(H,73,74,75). The molecule has 19 nitrogen and oxygen atoms in total. The fourth-order valence-corrected chi connectivity index (χ4v) is 14.8. The fraction of sp³-hybridized carbons (Fsp3) is 0.517. The Kier molecular flexibility index (Phi) is 16.9. The first kappa shape index (κ1) is 57.3. The van der Waals surface area contributed by atoms with Crippen molar-refractivity contribution in [2.24, 2.45) is 16.2 Å². The molecule has 2 bridgehead atoms. The number of pyridine rings is 1. The Bertz CT molecular complexity index is 3230. The van der Waals surface area contributed by atoms with Gasteiger partial charge in [-0.15, -0.1) is 0 Å². The van der Waals surface area contributed by atoms with Gasteiger partial charge in [-0.3, -0.25) is 38.6 Å². The van der Waals surface area contributed by atoms with Gasteiger partial charge in [0, 0.05) is 80.2 Å². The van der Waals surface area contributed by atoms with E-state index in [0.29, 0.717) is 79.6 Å². The van der Waals surface area contributed by atoms with Crippen LogP contribution in [0.25, 0.3) is 21.3 Å². The number of nitrogens with zero attached hydrogens (tertiary/aromatic N) is 7. The van der Waals surface area contributed by atoms with Crippen LogP contribution < -0.4 is 10.2 Å².